The smallest absolute Gasteiger partial charge is 0.331 e. The van der Waals surface area contributed by atoms with Crippen LogP contribution in [0.5, 0.6) is 0 Å². The van der Waals surface area contributed by atoms with Crippen LogP contribution in [0.4, 0.5) is 0 Å². The summed E-state index contributed by atoms with van der Waals surface area (Å²) in [7, 11) is 1.32. The maximum atomic E-state index is 12.3. The highest BCUT2D eigenvalue weighted by Gasteiger charge is 2.27. The summed E-state index contributed by atoms with van der Waals surface area (Å²) in [4.78, 5) is 25.2. The van der Waals surface area contributed by atoms with Crippen LogP contribution in [-0.2, 0) is 25.5 Å². The molecule has 154 valence electrons. The number of likely N-dealkylation sites (tertiary alicyclic amines) is 1. The summed E-state index contributed by atoms with van der Waals surface area (Å²) in [6.45, 7) is 0.753. The first-order valence-corrected chi connectivity index (χ1v) is 9.91. The van der Waals surface area contributed by atoms with Gasteiger partial charge in [0.2, 0.25) is 5.91 Å². The zero-order valence-electron chi connectivity index (χ0n) is 16.6. The number of hydrogen-bond donors (Lipinski definition) is 1. The van der Waals surface area contributed by atoms with E-state index in [1.807, 2.05) is 47.4 Å². The van der Waals surface area contributed by atoms with E-state index in [1.165, 1.54) is 7.11 Å². The minimum atomic E-state index is -0.409. The lowest BCUT2D eigenvalue weighted by atomic mass is 9.94. The Morgan fingerprint density at radius 2 is 2.11 bits per heavy atom. The molecule has 1 fully saturated rings. The normalized spacial score (nSPS) is 18.4. The number of piperidine rings is 1. The van der Waals surface area contributed by atoms with E-state index < -0.39 is 12.1 Å². The molecule has 0 bridgehead atoms. The van der Waals surface area contributed by atoms with Crippen LogP contribution in [0.25, 0.3) is 0 Å². The molecule has 2 unspecified atom stereocenters. The number of aliphatic hydroxyl groups excluding tert-OH is 1. The first-order chi connectivity index (χ1) is 13.6. The van der Waals surface area contributed by atoms with Gasteiger partial charge in [0.1, 0.15) is 6.61 Å². The Morgan fingerprint density at radius 3 is 2.86 bits per heavy atom. The fourth-order valence-electron chi connectivity index (χ4n) is 3.44. The van der Waals surface area contributed by atoms with Gasteiger partial charge < -0.3 is 19.5 Å². The van der Waals surface area contributed by atoms with Crippen LogP contribution >= 0.6 is 0 Å². The van der Waals surface area contributed by atoms with Gasteiger partial charge >= 0.3 is 5.97 Å². The summed E-state index contributed by atoms with van der Waals surface area (Å²) in [5.41, 5.74) is 1.13. The Hall–Kier alpha value is -2.18. The standard InChI is InChI=1S/C22H31NO5/c1-27-22(26)17-28-15-6-5-14-23-19(10-7-11-21(23)25)12-13-20(24)16-18-8-3-2-4-9-18/h2-6,8-9,19-20,24H,7,10-17H2,1H3. The molecule has 1 saturated heterocycles. The minimum absolute atomic E-state index is 0.0780. The van der Waals surface area contributed by atoms with Crippen LogP contribution in [-0.4, -0.2) is 60.9 Å². The van der Waals surface area contributed by atoms with Crippen LogP contribution < -0.4 is 0 Å². The molecule has 0 aromatic heterocycles. The van der Waals surface area contributed by atoms with E-state index in [0.29, 0.717) is 32.4 Å². The number of hydrogen-bond acceptors (Lipinski definition) is 5. The number of benzene rings is 1. The molecular weight excluding hydrogens is 358 g/mol. The second-order valence-corrected chi connectivity index (χ2v) is 7.08. The van der Waals surface area contributed by atoms with Crippen LogP contribution in [0.2, 0.25) is 0 Å². The Kier molecular flexibility index (Phi) is 9.72. The van der Waals surface area contributed by atoms with Gasteiger partial charge in [0.05, 0.1) is 19.8 Å². The van der Waals surface area contributed by atoms with E-state index in [1.54, 1.807) is 0 Å². The summed E-state index contributed by atoms with van der Waals surface area (Å²) in [5.74, 6) is -0.248. The average molecular weight is 389 g/mol. The number of rotatable bonds is 11. The molecule has 2 rings (SSSR count). The number of amides is 1. The first-order valence-electron chi connectivity index (χ1n) is 9.91. The molecule has 1 N–H and O–H groups in total. The monoisotopic (exact) mass is 389 g/mol. The maximum Gasteiger partial charge on any atom is 0.331 e. The van der Waals surface area contributed by atoms with Crippen molar-refractivity contribution in [3.8, 4) is 0 Å². The molecule has 1 aliphatic heterocycles. The van der Waals surface area contributed by atoms with Crippen LogP contribution in [0.15, 0.2) is 42.5 Å². The molecular formula is C22H31NO5. The number of esters is 1. The SMILES string of the molecule is COC(=O)COCC=CCN1C(=O)CCCC1CCC(O)Cc1ccccc1. The van der Waals surface area contributed by atoms with Crippen LogP contribution in [0, 0.1) is 0 Å². The van der Waals surface area contributed by atoms with E-state index in [0.717, 1.165) is 24.8 Å². The van der Waals surface area contributed by atoms with E-state index in [9.17, 15) is 14.7 Å². The summed E-state index contributed by atoms with van der Waals surface area (Å²) in [5, 5.41) is 10.4. The van der Waals surface area contributed by atoms with Crippen molar-refractivity contribution in [3.63, 3.8) is 0 Å². The Labute approximate surface area is 167 Å². The number of methoxy groups -OCH3 is 1. The quantitative estimate of drug-likeness (QED) is 0.357. The van der Waals surface area contributed by atoms with Gasteiger partial charge in [0.25, 0.3) is 0 Å². The molecule has 6 heteroatoms. The van der Waals surface area contributed by atoms with Gasteiger partial charge in [-0.1, -0.05) is 42.5 Å². The van der Waals surface area contributed by atoms with Crippen LogP contribution in [0.3, 0.4) is 0 Å². The second-order valence-electron chi connectivity index (χ2n) is 7.08. The second kappa shape index (κ2) is 12.3. The van der Waals surface area contributed by atoms with Crippen molar-refractivity contribution < 1.29 is 24.2 Å². The predicted molar refractivity (Wildman–Crippen MR) is 107 cm³/mol. The largest absolute Gasteiger partial charge is 0.467 e. The summed E-state index contributed by atoms with van der Waals surface area (Å²) in [6, 6.07) is 10.1. The lowest BCUT2D eigenvalue weighted by molar-refractivity contribution is -0.145. The lowest BCUT2D eigenvalue weighted by Gasteiger charge is -2.35. The molecule has 0 aliphatic carbocycles. The van der Waals surface area contributed by atoms with Crippen molar-refractivity contribution >= 4 is 11.9 Å². The van der Waals surface area contributed by atoms with E-state index >= 15 is 0 Å². The average Bonchev–Trinajstić information content (AvgIpc) is 2.70. The van der Waals surface area contributed by atoms with Gasteiger partial charge in [0.15, 0.2) is 0 Å². The number of aliphatic hydroxyl groups is 1. The Balaban J connectivity index is 1.76. The molecule has 0 spiro atoms. The number of ether oxygens (including phenoxy) is 2. The third-order valence-corrected chi connectivity index (χ3v) is 4.97. The number of carbonyl (C=O) groups excluding carboxylic acids is 2. The molecule has 6 nitrogen and oxygen atoms in total. The molecule has 1 aromatic carbocycles. The van der Waals surface area contributed by atoms with Gasteiger partial charge in [-0.2, -0.15) is 0 Å². The van der Waals surface area contributed by atoms with Gasteiger partial charge in [-0.05, 0) is 37.7 Å². The molecule has 0 radical (unpaired) electrons. The number of nitrogens with zero attached hydrogens (tertiary/aromatic N) is 1. The van der Waals surface area contributed by atoms with Crippen molar-refractivity contribution in [2.45, 2.75) is 50.7 Å². The highest BCUT2D eigenvalue weighted by molar-refractivity contribution is 5.77. The minimum Gasteiger partial charge on any atom is -0.467 e. The zero-order chi connectivity index (χ0) is 20.2. The van der Waals surface area contributed by atoms with Crippen molar-refractivity contribution in [2.24, 2.45) is 0 Å². The Bertz CT molecular complexity index is 631. The predicted octanol–water partition coefficient (Wildman–Crippen LogP) is 2.50. The molecule has 1 aromatic rings. The highest BCUT2D eigenvalue weighted by atomic mass is 16.6. The van der Waals surface area contributed by atoms with Crippen molar-refractivity contribution in [1.29, 1.82) is 0 Å². The first kappa shape index (κ1) is 22.1. The summed E-state index contributed by atoms with van der Waals surface area (Å²) in [6.07, 6.45) is 7.87. The van der Waals surface area contributed by atoms with Gasteiger partial charge in [-0.15, -0.1) is 0 Å². The fourth-order valence-corrected chi connectivity index (χ4v) is 3.44. The van der Waals surface area contributed by atoms with E-state index in [2.05, 4.69) is 4.74 Å². The molecule has 2 atom stereocenters. The zero-order valence-corrected chi connectivity index (χ0v) is 16.6. The van der Waals surface area contributed by atoms with Crippen LogP contribution in [0.1, 0.15) is 37.7 Å². The topological polar surface area (TPSA) is 76.1 Å². The van der Waals surface area contributed by atoms with Crippen molar-refractivity contribution in [3.05, 3.63) is 48.0 Å². The molecule has 28 heavy (non-hydrogen) atoms. The van der Waals surface area contributed by atoms with Crippen molar-refractivity contribution in [1.82, 2.24) is 4.90 Å². The number of carbonyl (C=O) groups is 2. The molecule has 1 heterocycles. The Morgan fingerprint density at radius 1 is 1.32 bits per heavy atom. The third kappa shape index (κ3) is 7.82. The third-order valence-electron chi connectivity index (χ3n) is 4.97. The van der Waals surface area contributed by atoms with Gasteiger partial charge in [-0.3, -0.25) is 4.79 Å². The summed E-state index contributed by atoms with van der Waals surface area (Å²) >= 11 is 0. The fraction of sp³-hybridized carbons (Fsp3) is 0.545. The van der Waals surface area contributed by atoms with E-state index in [4.69, 9.17) is 4.74 Å². The van der Waals surface area contributed by atoms with Gasteiger partial charge in [-0.25, -0.2) is 4.79 Å². The van der Waals surface area contributed by atoms with Gasteiger partial charge in [0, 0.05) is 19.0 Å². The summed E-state index contributed by atoms with van der Waals surface area (Å²) < 4.78 is 9.67. The molecule has 1 aliphatic rings. The highest BCUT2D eigenvalue weighted by Crippen LogP contribution is 2.23. The lowest BCUT2D eigenvalue weighted by Crippen LogP contribution is -2.44. The van der Waals surface area contributed by atoms with Crippen molar-refractivity contribution in [2.75, 3.05) is 26.9 Å². The molecule has 1 amide bonds. The maximum absolute atomic E-state index is 12.3. The van der Waals surface area contributed by atoms with E-state index in [-0.39, 0.29) is 18.6 Å². The molecule has 0 saturated carbocycles.